The van der Waals surface area contributed by atoms with E-state index in [0.717, 1.165) is 37.5 Å². The van der Waals surface area contributed by atoms with Gasteiger partial charge in [0.05, 0.1) is 26.4 Å². The van der Waals surface area contributed by atoms with Gasteiger partial charge in [-0.15, -0.1) is 0 Å². The molecule has 0 aromatic heterocycles. The van der Waals surface area contributed by atoms with Crippen LogP contribution in [-0.2, 0) is 14.2 Å². The Morgan fingerprint density at radius 3 is 0.571 bits per heavy atom. The predicted molar refractivity (Wildman–Crippen MR) is 341 cm³/mol. The molecule has 4 atom stereocenters. The van der Waals surface area contributed by atoms with Crippen molar-refractivity contribution < 1.29 is 24.4 Å². The highest BCUT2D eigenvalue weighted by Crippen LogP contribution is 2.26. The van der Waals surface area contributed by atoms with E-state index in [1.165, 1.54) is 360 Å². The van der Waals surface area contributed by atoms with Crippen molar-refractivity contribution in [2.45, 2.75) is 426 Å². The molecule has 5 nitrogen and oxygen atoms in total. The average Bonchev–Trinajstić information content (AvgIpc) is 3.43. The zero-order chi connectivity index (χ0) is 55.7. The van der Waals surface area contributed by atoms with Gasteiger partial charge in [0.25, 0.3) is 0 Å². The Labute approximate surface area is 486 Å². The van der Waals surface area contributed by atoms with Crippen LogP contribution in [0.15, 0.2) is 0 Å². The first-order valence-corrected chi connectivity index (χ1v) is 36.2. The molecule has 0 saturated carbocycles. The first-order valence-electron chi connectivity index (χ1n) is 36.2. The standard InChI is InChI=1S/C72H146O5/c1-5-9-11-13-15-17-19-21-23-27-33-39-45-51-59-69(57-7-3)61-53-47-41-35-29-25-31-37-43-49-55-63-71(75-67-65-73)77-72(76-68-66-74)64-56-50-44-38-32-26-30-36-42-48-54-62-70(58-8-4)60-52-46-40-34-28-24-22-20-18-16-14-12-10-6-2/h69-74H,5-68H2,1-4H3. The molecular weight excluding hydrogens is 945 g/mol. The molecule has 0 fully saturated rings. The van der Waals surface area contributed by atoms with Crippen molar-refractivity contribution in [2.24, 2.45) is 11.8 Å². The largest absolute Gasteiger partial charge is 0.394 e. The number of aliphatic hydroxyl groups excluding tert-OH is 2. The lowest BCUT2D eigenvalue weighted by molar-refractivity contribution is -0.252. The summed E-state index contributed by atoms with van der Waals surface area (Å²) in [6.45, 7) is 9.96. The SMILES string of the molecule is CCCCCCCCCCCCCCCCC(CCC)CCCCCCCCCCCCCC(OCCO)OC(CCCCCCCCCCCCCC(CCC)CCCCCCCCCCCCCCCC)OCCO. The summed E-state index contributed by atoms with van der Waals surface area (Å²) in [6.07, 6.45) is 82.7. The van der Waals surface area contributed by atoms with Crippen LogP contribution in [-0.4, -0.2) is 49.2 Å². The average molecular weight is 1090 g/mol. The molecule has 2 N–H and O–H groups in total. The van der Waals surface area contributed by atoms with Crippen molar-refractivity contribution in [1.82, 2.24) is 0 Å². The lowest BCUT2D eigenvalue weighted by Gasteiger charge is -2.25. The highest BCUT2D eigenvalue weighted by atomic mass is 16.8. The minimum atomic E-state index is -0.358. The molecule has 0 aliphatic carbocycles. The molecule has 0 amide bonds. The van der Waals surface area contributed by atoms with E-state index in [2.05, 4.69) is 27.7 Å². The number of aliphatic hydroxyl groups is 2. The molecule has 0 radical (unpaired) electrons. The smallest absolute Gasteiger partial charge is 0.160 e. The van der Waals surface area contributed by atoms with Crippen LogP contribution in [0.2, 0.25) is 0 Å². The minimum absolute atomic E-state index is 0.0000415. The summed E-state index contributed by atoms with van der Waals surface area (Å²) < 4.78 is 18.2. The number of unbranched alkanes of at least 4 members (excludes halogenated alkanes) is 46. The van der Waals surface area contributed by atoms with Gasteiger partial charge in [-0.05, 0) is 37.5 Å². The van der Waals surface area contributed by atoms with Crippen LogP contribution < -0.4 is 0 Å². The second-order valence-corrected chi connectivity index (χ2v) is 25.2. The van der Waals surface area contributed by atoms with Crippen LogP contribution in [0.1, 0.15) is 413 Å². The van der Waals surface area contributed by atoms with Crippen LogP contribution in [0.3, 0.4) is 0 Å². The number of hydrogen-bond donors (Lipinski definition) is 2. The van der Waals surface area contributed by atoms with E-state index in [-0.39, 0.29) is 39.0 Å². The molecule has 0 rings (SSSR count). The van der Waals surface area contributed by atoms with Crippen molar-refractivity contribution in [2.75, 3.05) is 26.4 Å². The van der Waals surface area contributed by atoms with Crippen molar-refractivity contribution >= 4 is 0 Å². The van der Waals surface area contributed by atoms with Gasteiger partial charge in [-0.25, -0.2) is 0 Å². The molecule has 0 bridgehead atoms. The summed E-state index contributed by atoms with van der Waals surface area (Å²) in [7, 11) is 0. The summed E-state index contributed by atoms with van der Waals surface area (Å²) in [6, 6.07) is 0. The van der Waals surface area contributed by atoms with Gasteiger partial charge in [0.2, 0.25) is 0 Å². The molecule has 0 aromatic carbocycles. The summed E-state index contributed by atoms with van der Waals surface area (Å²) >= 11 is 0. The monoisotopic (exact) mass is 1090 g/mol. The number of hydrogen-bond acceptors (Lipinski definition) is 5. The molecule has 0 spiro atoms. The van der Waals surface area contributed by atoms with Gasteiger partial charge in [0.1, 0.15) is 0 Å². The van der Waals surface area contributed by atoms with Gasteiger partial charge in [-0.3, -0.25) is 0 Å². The maximum Gasteiger partial charge on any atom is 0.160 e. The second kappa shape index (κ2) is 68.3. The van der Waals surface area contributed by atoms with Crippen molar-refractivity contribution in [1.29, 1.82) is 0 Å². The van der Waals surface area contributed by atoms with Crippen LogP contribution in [0.5, 0.6) is 0 Å². The van der Waals surface area contributed by atoms with E-state index in [4.69, 9.17) is 14.2 Å². The second-order valence-electron chi connectivity index (χ2n) is 25.2. The Balaban J connectivity index is 3.92. The van der Waals surface area contributed by atoms with Gasteiger partial charge in [-0.1, -0.05) is 387 Å². The lowest BCUT2D eigenvalue weighted by Crippen LogP contribution is -2.28. The molecule has 4 unspecified atom stereocenters. The van der Waals surface area contributed by atoms with E-state index < -0.39 is 0 Å². The third-order valence-electron chi connectivity index (χ3n) is 17.5. The number of ether oxygens (including phenoxy) is 3. The fourth-order valence-electron chi connectivity index (χ4n) is 12.5. The Morgan fingerprint density at radius 2 is 0.390 bits per heavy atom. The first-order chi connectivity index (χ1) is 38.1. The van der Waals surface area contributed by atoms with Gasteiger partial charge in [0, 0.05) is 0 Å². The number of rotatable bonds is 70. The molecule has 464 valence electrons. The topological polar surface area (TPSA) is 68.2 Å². The Morgan fingerprint density at radius 1 is 0.208 bits per heavy atom. The van der Waals surface area contributed by atoms with Crippen LogP contribution >= 0.6 is 0 Å². The van der Waals surface area contributed by atoms with E-state index in [1.54, 1.807) is 0 Å². The van der Waals surface area contributed by atoms with Crippen LogP contribution in [0.4, 0.5) is 0 Å². The van der Waals surface area contributed by atoms with Gasteiger partial charge >= 0.3 is 0 Å². The van der Waals surface area contributed by atoms with Gasteiger partial charge in [0.15, 0.2) is 12.6 Å². The van der Waals surface area contributed by atoms with Crippen molar-refractivity contribution in [3.63, 3.8) is 0 Å². The molecule has 77 heavy (non-hydrogen) atoms. The van der Waals surface area contributed by atoms with Crippen LogP contribution in [0, 0.1) is 11.8 Å². The zero-order valence-corrected chi connectivity index (χ0v) is 53.7. The maximum absolute atomic E-state index is 9.50. The van der Waals surface area contributed by atoms with Gasteiger partial charge in [-0.2, -0.15) is 0 Å². The Bertz CT molecular complexity index is 945. The molecule has 0 aromatic rings. The van der Waals surface area contributed by atoms with Crippen LogP contribution in [0.25, 0.3) is 0 Å². The predicted octanol–water partition coefficient (Wildman–Crippen LogP) is 24.4. The van der Waals surface area contributed by atoms with E-state index in [0.29, 0.717) is 0 Å². The molecule has 5 heteroatoms. The maximum atomic E-state index is 9.50. The minimum Gasteiger partial charge on any atom is -0.394 e. The fraction of sp³-hybridized carbons (Fsp3) is 1.00. The van der Waals surface area contributed by atoms with Crippen molar-refractivity contribution in [3.8, 4) is 0 Å². The van der Waals surface area contributed by atoms with E-state index >= 15 is 0 Å². The molecule has 0 aliphatic heterocycles. The lowest BCUT2D eigenvalue weighted by atomic mass is 9.90. The highest BCUT2D eigenvalue weighted by molar-refractivity contribution is 4.64. The molecule has 0 aliphatic rings. The summed E-state index contributed by atoms with van der Waals surface area (Å²) in [4.78, 5) is 0. The van der Waals surface area contributed by atoms with Gasteiger partial charge < -0.3 is 24.4 Å². The first kappa shape index (κ1) is 76.8. The molecular formula is C72H146O5. The molecule has 0 heterocycles. The molecule has 0 saturated heterocycles. The quantitative estimate of drug-likeness (QED) is 0.0469. The Kier molecular flexibility index (Phi) is 68.1. The van der Waals surface area contributed by atoms with E-state index in [1.807, 2.05) is 0 Å². The fourth-order valence-corrected chi connectivity index (χ4v) is 12.5. The Hall–Kier alpha value is -0.200. The third-order valence-corrected chi connectivity index (χ3v) is 17.5. The third kappa shape index (κ3) is 61.7. The normalized spacial score (nSPS) is 13.5. The summed E-state index contributed by atoms with van der Waals surface area (Å²) in [5, 5.41) is 19.0. The van der Waals surface area contributed by atoms with E-state index in [9.17, 15) is 10.2 Å². The highest BCUT2D eigenvalue weighted by Gasteiger charge is 2.18. The summed E-state index contributed by atoms with van der Waals surface area (Å²) in [5.41, 5.74) is 0. The summed E-state index contributed by atoms with van der Waals surface area (Å²) in [5.74, 6) is 1.96. The zero-order valence-electron chi connectivity index (χ0n) is 53.7. The van der Waals surface area contributed by atoms with Crippen molar-refractivity contribution in [3.05, 3.63) is 0 Å².